The van der Waals surface area contributed by atoms with Gasteiger partial charge >= 0.3 is 5.97 Å². The van der Waals surface area contributed by atoms with Crippen LogP contribution in [0.4, 0.5) is 0 Å². The van der Waals surface area contributed by atoms with Gasteiger partial charge in [0.1, 0.15) is 11.8 Å². The lowest BCUT2D eigenvalue weighted by Gasteiger charge is -2.22. The molecule has 2 unspecified atom stereocenters. The van der Waals surface area contributed by atoms with E-state index in [2.05, 4.69) is 0 Å². The summed E-state index contributed by atoms with van der Waals surface area (Å²) in [5.74, 6) is -0.681. The molecule has 1 aromatic rings. The Morgan fingerprint density at radius 3 is 2.50 bits per heavy atom. The van der Waals surface area contributed by atoms with E-state index in [1.807, 2.05) is 32.0 Å². The van der Waals surface area contributed by atoms with Gasteiger partial charge in [-0.3, -0.25) is 4.79 Å². The number of likely N-dealkylation sites (tertiary alicyclic amines) is 1. The normalized spacial score (nSPS) is 21.0. The Morgan fingerprint density at radius 2 is 1.95 bits per heavy atom. The zero-order valence-electron chi connectivity index (χ0n) is 13.0. The molecule has 0 aromatic heterocycles. The molecule has 2 atom stereocenters. The number of benzene rings is 1. The summed E-state index contributed by atoms with van der Waals surface area (Å²) in [6, 6.07) is 4.88. The molecule has 2 rings (SSSR count). The van der Waals surface area contributed by atoms with E-state index < -0.39 is 12.0 Å². The maximum absolute atomic E-state index is 12.3. The van der Waals surface area contributed by atoms with E-state index in [9.17, 15) is 14.7 Å². The number of carboxylic acid groups (broad SMARTS) is 1. The number of hydrogen-bond acceptors (Lipinski definition) is 4. The van der Waals surface area contributed by atoms with E-state index in [0.29, 0.717) is 12.2 Å². The molecule has 1 aliphatic heterocycles. The van der Waals surface area contributed by atoms with Gasteiger partial charge in [-0.05, 0) is 25.0 Å². The highest BCUT2D eigenvalue weighted by molar-refractivity contribution is 5.85. The molecule has 0 bridgehead atoms. The number of nitrogens with zero attached hydrogens (tertiary/aromatic N) is 1. The number of ether oxygens (including phenoxy) is 2. The Bertz CT molecular complexity index is 551. The lowest BCUT2D eigenvalue weighted by molar-refractivity contribution is -0.149. The molecule has 1 heterocycles. The molecule has 22 heavy (non-hydrogen) atoms. The standard InChI is InChI=1S/C16H21NO5/c1-10-5-4-6-11(2)15(10)22-9-14(18)17-8-12(21-3)7-13(17)16(19)20/h4-6,12-13H,7-9H2,1-3H3,(H,19,20). The van der Waals surface area contributed by atoms with Crippen molar-refractivity contribution in [3.05, 3.63) is 29.3 Å². The molecule has 1 aliphatic rings. The van der Waals surface area contributed by atoms with Gasteiger partial charge in [0.25, 0.3) is 5.91 Å². The number of amides is 1. The number of para-hydroxylation sites is 1. The van der Waals surface area contributed by atoms with Crippen LogP contribution in [-0.4, -0.2) is 54.3 Å². The topological polar surface area (TPSA) is 76.1 Å². The highest BCUT2D eigenvalue weighted by Crippen LogP contribution is 2.24. The van der Waals surface area contributed by atoms with Gasteiger partial charge in [0, 0.05) is 20.1 Å². The van der Waals surface area contributed by atoms with E-state index in [4.69, 9.17) is 9.47 Å². The lowest BCUT2D eigenvalue weighted by Crippen LogP contribution is -2.43. The zero-order valence-corrected chi connectivity index (χ0v) is 13.0. The van der Waals surface area contributed by atoms with Crippen molar-refractivity contribution in [1.82, 2.24) is 4.90 Å². The predicted molar refractivity (Wildman–Crippen MR) is 80.0 cm³/mol. The van der Waals surface area contributed by atoms with Crippen LogP contribution in [0.5, 0.6) is 5.75 Å². The van der Waals surface area contributed by atoms with E-state index in [0.717, 1.165) is 11.1 Å². The Morgan fingerprint density at radius 1 is 1.32 bits per heavy atom. The third-order valence-electron chi connectivity index (χ3n) is 3.95. The summed E-state index contributed by atoms with van der Waals surface area (Å²) in [4.78, 5) is 24.9. The molecular formula is C16H21NO5. The van der Waals surface area contributed by atoms with Gasteiger partial charge in [0.2, 0.25) is 0 Å². The SMILES string of the molecule is COC1CC(C(=O)O)N(C(=O)COc2c(C)cccc2C)C1. The Balaban J connectivity index is 2.04. The van der Waals surface area contributed by atoms with Crippen LogP contribution < -0.4 is 4.74 Å². The molecule has 1 N–H and O–H groups in total. The largest absolute Gasteiger partial charge is 0.483 e. The lowest BCUT2D eigenvalue weighted by atomic mass is 10.1. The molecule has 1 fully saturated rings. The third-order valence-corrected chi connectivity index (χ3v) is 3.95. The van der Waals surface area contributed by atoms with Crippen LogP contribution in [0, 0.1) is 13.8 Å². The Labute approximate surface area is 129 Å². The zero-order chi connectivity index (χ0) is 16.3. The molecule has 0 aliphatic carbocycles. The maximum atomic E-state index is 12.3. The predicted octanol–water partition coefficient (Wildman–Crippen LogP) is 1.38. The summed E-state index contributed by atoms with van der Waals surface area (Å²) in [7, 11) is 1.52. The second-order valence-electron chi connectivity index (χ2n) is 5.50. The number of carbonyl (C=O) groups is 2. The Hall–Kier alpha value is -2.08. The van der Waals surface area contributed by atoms with Crippen molar-refractivity contribution < 1.29 is 24.2 Å². The van der Waals surface area contributed by atoms with Crippen LogP contribution in [-0.2, 0) is 14.3 Å². The number of rotatable bonds is 5. The number of aliphatic carboxylic acids is 1. The van der Waals surface area contributed by atoms with Crippen molar-refractivity contribution in [1.29, 1.82) is 0 Å². The van der Waals surface area contributed by atoms with Gasteiger partial charge in [-0.2, -0.15) is 0 Å². The van der Waals surface area contributed by atoms with Crippen molar-refractivity contribution in [2.75, 3.05) is 20.3 Å². The van der Waals surface area contributed by atoms with Crippen molar-refractivity contribution in [2.24, 2.45) is 0 Å². The van der Waals surface area contributed by atoms with Gasteiger partial charge in [-0.1, -0.05) is 18.2 Å². The van der Waals surface area contributed by atoms with E-state index in [1.165, 1.54) is 12.0 Å². The fraction of sp³-hybridized carbons (Fsp3) is 0.500. The minimum Gasteiger partial charge on any atom is -0.483 e. The second kappa shape index (κ2) is 6.79. The number of methoxy groups -OCH3 is 1. The van der Waals surface area contributed by atoms with Gasteiger partial charge in [0.05, 0.1) is 6.10 Å². The summed E-state index contributed by atoms with van der Waals surface area (Å²) in [6.07, 6.45) is 0.0614. The first-order valence-corrected chi connectivity index (χ1v) is 7.18. The van der Waals surface area contributed by atoms with E-state index in [-0.39, 0.29) is 25.2 Å². The van der Waals surface area contributed by atoms with Crippen molar-refractivity contribution in [2.45, 2.75) is 32.4 Å². The minimum atomic E-state index is -1.01. The van der Waals surface area contributed by atoms with Crippen LogP contribution >= 0.6 is 0 Å². The first kappa shape index (κ1) is 16.3. The monoisotopic (exact) mass is 307 g/mol. The molecule has 6 nitrogen and oxygen atoms in total. The quantitative estimate of drug-likeness (QED) is 0.889. The van der Waals surface area contributed by atoms with Gasteiger partial charge in [0.15, 0.2) is 6.61 Å². The smallest absolute Gasteiger partial charge is 0.326 e. The highest BCUT2D eigenvalue weighted by Gasteiger charge is 2.39. The van der Waals surface area contributed by atoms with Crippen LogP contribution in [0.1, 0.15) is 17.5 Å². The molecule has 0 spiro atoms. The van der Waals surface area contributed by atoms with Crippen LogP contribution in [0.2, 0.25) is 0 Å². The van der Waals surface area contributed by atoms with E-state index >= 15 is 0 Å². The molecule has 1 amide bonds. The van der Waals surface area contributed by atoms with E-state index in [1.54, 1.807) is 0 Å². The highest BCUT2D eigenvalue weighted by atomic mass is 16.5. The molecule has 0 saturated carbocycles. The number of carboxylic acids is 1. The maximum Gasteiger partial charge on any atom is 0.326 e. The number of carbonyl (C=O) groups excluding carboxylic acids is 1. The third kappa shape index (κ3) is 3.39. The summed E-state index contributed by atoms with van der Waals surface area (Å²) < 4.78 is 10.8. The van der Waals surface area contributed by atoms with Crippen molar-refractivity contribution >= 4 is 11.9 Å². The summed E-state index contributed by atoms with van der Waals surface area (Å²) >= 11 is 0. The number of hydrogen-bond donors (Lipinski definition) is 1. The minimum absolute atomic E-state index is 0.175. The fourth-order valence-corrected chi connectivity index (χ4v) is 2.72. The first-order valence-electron chi connectivity index (χ1n) is 7.18. The fourth-order valence-electron chi connectivity index (χ4n) is 2.72. The van der Waals surface area contributed by atoms with Gasteiger partial charge in [-0.25, -0.2) is 4.79 Å². The molecule has 0 radical (unpaired) electrons. The van der Waals surface area contributed by atoms with Gasteiger partial charge in [-0.15, -0.1) is 0 Å². The summed E-state index contributed by atoms with van der Waals surface area (Å²) in [5.41, 5.74) is 1.89. The molecule has 1 saturated heterocycles. The van der Waals surface area contributed by atoms with Crippen molar-refractivity contribution in [3.63, 3.8) is 0 Å². The molecule has 120 valence electrons. The summed E-state index contributed by atoms with van der Waals surface area (Å²) in [6.45, 7) is 3.92. The molecule has 1 aromatic carbocycles. The number of aryl methyl sites for hydroxylation is 2. The molecule has 6 heteroatoms. The molecular weight excluding hydrogens is 286 g/mol. The van der Waals surface area contributed by atoms with Gasteiger partial charge < -0.3 is 19.5 Å². The average Bonchev–Trinajstić information content (AvgIpc) is 2.91. The Kier molecular flexibility index (Phi) is 5.03. The van der Waals surface area contributed by atoms with Crippen LogP contribution in [0.15, 0.2) is 18.2 Å². The average molecular weight is 307 g/mol. The summed E-state index contributed by atoms with van der Waals surface area (Å²) in [5, 5.41) is 9.23. The second-order valence-corrected chi connectivity index (χ2v) is 5.50. The first-order chi connectivity index (χ1) is 10.4. The van der Waals surface area contributed by atoms with Crippen LogP contribution in [0.3, 0.4) is 0 Å². The van der Waals surface area contributed by atoms with Crippen molar-refractivity contribution in [3.8, 4) is 5.75 Å². The van der Waals surface area contributed by atoms with Crippen LogP contribution in [0.25, 0.3) is 0 Å².